The summed E-state index contributed by atoms with van der Waals surface area (Å²) in [4.78, 5) is 46.6. The van der Waals surface area contributed by atoms with E-state index >= 15 is 0 Å². The molecule has 4 aromatic carbocycles. The molecule has 2 amide bonds. The molecule has 17 heteroatoms. The number of carbonyl (C=O) groups excluding carboxylic acids is 2. The van der Waals surface area contributed by atoms with E-state index in [0.717, 1.165) is 90.7 Å². The van der Waals surface area contributed by atoms with Crippen LogP contribution in [0, 0.1) is 11.6 Å². The number of hydrogen-bond donors (Lipinski definition) is 7. The number of carbonyl (C=O) groups is 2. The molecular formula is C52H53Cl2F2N11O2. The molecule has 0 aliphatic heterocycles. The molecule has 4 atom stereocenters. The average molecular weight is 973 g/mol. The molecule has 0 unspecified atom stereocenters. The Balaban J connectivity index is 0.000000183. The quantitative estimate of drug-likeness (QED) is 0.0647. The third-order valence-corrected chi connectivity index (χ3v) is 13.2. The number of para-hydroxylation sites is 1. The van der Waals surface area contributed by atoms with Crippen LogP contribution in [0.1, 0.15) is 96.3 Å². The average Bonchev–Trinajstić information content (AvgIpc) is 3.97. The summed E-state index contributed by atoms with van der Waals surface area (Å²) in [5, 5.41) is 14.9. The van der Waals surface area contributed by atoms with Crippen LogP contribution in [0.2, 0.25) is 10.0 Å². The van der Waals surface area contributed by atoms with Gasteiger partial charge < -0.3 is 37.7 Å². The highest BCUT2D eigenvalue weighted by atomic mass is 35.5. The predicted octanol–water partition coefficient (Wildman–Crippen LogP) is 10.8. The van der Waals surface area contributed by atoms with Crippen molar-refractivity contribution >= 4 is 74.8 Å². The molecule has 356 valence electrons. The number of hydrogen-bond acceptors (Lipinski definition) is 10. The third-order valence-electron chi connectivity index (χ3n) is 12.6. The number of benzene rings is 4. The zero-order chi connectivity index (χ0) is 47.3. The van der Waals surface area contributed by atoms with E-state index in [2.05, 4.69) is 54.4 Å². The Labute approximate surface area is 408 Å². The number of aromatic amines is 1. The first-order valence-electron chi connectivity index (χ1n) is 22.6. The zero-order valence-corrected chi connectivity index (χ0v) is 38.3. The minimum absolute atomic E-state index is 0. The maximum atomic E-state index is 13.7. The topological polar surface area (TPSA) is 202 Å². The highest BCUT2D eigenvalue weighted by molar-refractivity contribution is 6.33. The number of rotatable bonds is 10. The maximum absolute atomic E-state index is 13.7. The van der Waals surface area contributed by atoms with Gasteiger partial charge in [-0.2, -0.15) is 0 Å². The molecule has 3 heterocycles. The van der Waals surface area contributed by atoms with Gasteiger partial charge in [-0.05, 0) is 111 Å². The van der Waals surface area contributed by atoms with Crippen molar-refractivity contribution in [1.82, 2.24) is 35.6 Å². The second-order valence-corrected chi connectivity index (χ2v) is 18.2. The second-order valence-electron chi connectivity index (χ2n) is 17.3. The first-order valence-corrected chi connectivity index (χ1v) is 23.4. The fourth-order valence-electron chi connectivity index (χ4n) is 9.17. The number of fused-ring (bicyclic) bond motifs is 2. The first kappa shape index (κ1) is 48.4. The monoisotopic (exact) mass is 971 g/mol. The molecular weight excluding hydrogens is 920 g/mol. The van der Waals surface area contributed by atoms with Crippen molar-refractivity contribution < 1.29 is 18.4 Å². The third kappa shape index (κ3) is 11.3. The van der Waals surface area contributed by atoms with Crippen molar-refractivity contribution in [3.05, 3.63) is 159 Å². The van der Waals surface area contributed by atoms with Crippen molar-refractivity contribution in [2.75, 3.05) is 22.1 Å². The SMILES string of the molecule is C.Nc1ccc(C(=O)N[C@H]2CCC[C@@H](Nc3ncc(Cl)c(-c4c[nH]c5ccccc45)n3)C2)cc1F.Nc1ccc(C(=O)N[C@H]2CCC[C@@H](Nc3ncc(Cl)c(C4=CCc5ccccc54)n3)C2)cc1F. The van der Waals surface area contributed by atoms with Gasteiger partial charge in [0.1, 0.15) is 11.6 Å². The molecule has 9 N–H and O–H groups in total. The van der Waals surface area contributed by atoms with Crippen molar-refractivity contribution in [1.29, 1.82) is 0 Å². The lowest BCUT2D eigenvalue weighted by atomic mass is 9.91. The lowest BCUT2D eigenvalue weighted by Crippen LogP contribution is -2.42. The maximum Gasteiger partial charge on any atom is 0.251 e. The number of nitrogens with one attached hydrogen (secondary N) is 5. The molecule has 0 radical (unpaired) electrons. The molecule has 69 heavy (non-hydrogen) atoms. The van der Waals surface area contributed by atoms with Gasteiger partial charge in [0.05, 0.1) is 45.2 Å². The van der Waals surface area contributed by atoms with Crippen LogP contribution in [0.4, 0.5) is 32.1 Å². The van der Waals surface area contributed by atoms with Crippen molar-refractivity contribution in [3.63, 3.8) is 0 Å². The number of nitrogen functional groups attached to an aromatic ring is 2. The molecule has 3 aromatic heterocycles. The number of amides is 2. The first-order chi connectivity index (χ1) is 32.9. The molecule has 13 nitrogen and oxygen atoms in total. The van der Waals surface area contributed by atoms with E-state index in [0.29, 0.717) is 34.1 Å². The highest BCUT2D eigenvalue weighted by Gasteiger charge is 2.27. The highest BCUT2D eigenvalue weighted by Crippen LogP contribution is 2.36. The van der Waals surface area contributed by atoms with Gasteiger partial charge in [-0.15, -0.1) is 0 Å². The Kier molecular flexibility index (Phi) is 15.0. The zero-order valence-electron chi connectivity index (χ0n) is 36.8. The molecule has 0 spiro atoms. The van der Waals surface area contributed by atoms with E-state index in [-0.39, 0.29) is 65.9 Å². The summed E-state index contributed by atoms with van der Waals surface area (Å²) in [6.07, 6.45) is 15.0. The van der Waals surface area contributed by atoms with Gasteiger partial charge >= 0.3 is 0 Å². The number of halogens is 4. The summed E-state index contributed by atoms with van der Waals surface area (Å²) in [6.45, 7) is 0. The molecule has 10 rings (SSSR count). The summed E-state index contributed by atoms with van der Waals surface area (Å²) >= 11 is 12.9. The van der Waals surface area contributed by atoms with Crippen molar-refractivity contribution in [2.45, 2.75) is 89.4 Å². The van der Waals surface area contributed by atoms with Gasteiger partial charge in [-0.1, -0.05) is 79.2 Å². The Morgan fingerprint density at radius 2 is 1.17 bits per heavy atom. The minimum atomic E-state index is -0.596. The molecule has 2 saturated carbocycles. The Morgan fingerprint density at radius 1 is 0.652 bits per heavy atom. The smallest absolute Gasteiger partial charge is 0.251 e. The molecule has 2 fully saturated rings. The van der Waals surface area contributed by atoms with E-state index in [4.69, 9.17) is 44.6 Å². The number of anilines is 4. The van der Waals surface area contributed by atoms with Gasteiger partial charge in [0.15, 0.2) is 0 Å². The van der Waals surface area contributed by atoms with Crippen LogP contribution in [0.15, 0.2) is 110 Å². The van der Waals surface area contributed by atoms with Gasteiger partial charge in [0, 0.05) is 63.5 Å². The molecule has 3 aliphatic rings. The summed E-state index contributed by atoms with van der Waals surface area (Å²) in [5.41, 5.74) is 18.3. The van der Waals surface area contributed by atoms with E-state index in [9.17, 15) is 18.4 Å². The van der Waals surface area contributed by atoms with Crippen molar-refractivity contribution in [2.24, 2.45) is 0 Å². The molecule has 0 bridgehead atoms. The molecule has 0 saturated heterocycles. The van der Waals surface area contributed by atoms with Gasteiger partial charge in [-0.3, -0.25) is 9.59 Å². The van der Waals surface area contributed by atoms with Gasteiger partial charge in [0.25, 0.3) is 11.8 Å². The van der Waals surface area contributed by atoms with Crippen LogP contribution >= 0.6 is 23.2 Å². The summed E-state index contributed by atoms with van der Waals surface area (Å²) in [5.74, 6) is -0.798. The molecule has 3 aliphatic carbocycles. The number of nitrogens with two attached hydrogens (primary N) is 2. The fraction of sp³-hybridized carbons (Fsp3) is 0.269. The summed E-state index contributed by atoms with van der Waals surface area (Å²) in [6, 6.07) is 24.5. The van der Waals surface area contributed by atoms with E-state index in [1.165, 1.54) is 35.9 Å². The standard InChI is InChI=1S/C26H25ClFN5O.C25H24ClFN6O.CH4/c27-21-14-30-26(33-24(21)20-10-8-15-4-1-2-7-19(15)20)32-18-6-3-5-17(13-18)31-25(34)16-9-11-23(29)22(28)12-16;26-19-13-30-25(33-23(19)18-12-29-22-7-2-1-6-17(18)22)32-16-5-3-4-15(11-16)31-24(34)14-8-9-21(28)20(27)10-14;/h1-2,4,7,9-12,14,17-18H,3,5-6,8,13,29H2,(H,31,34)(H,30,32,33);1-2,6-10,12-13,15-16,29H,3-5,11,28H2,(H,31,34)(H,30,32,33);1H4/t17-,18+;15-,16+;/m00./s1. The second kappa shape index (κ2) is 21.5. The van der Waals surface area contributed by atoms with Crippen LogP contribution in [0.3, 0.4) is 0 Å². The predicted molar refractivity (Wildman–Crippen MR) is 271 cm³/mol. The van der Waals surface area contributed by atoms with Crippen LogP contribution in [0.5, 0.6) is 0 Å². The largest absolute Gasteiger partial charge is 0.396 e. The number of nitrogens with zero attached hydrogens (tertiary/aromatic N) is 4. The normalized spacial score (nSPS) is 18.4. The fourth-order valence-corrected chi connectivity index (χ4v) is 9.55. The van der Waals surface area contributed by atoms with E-state index < -0.39 is 11.6 Å². The summed E-state index contributed by atoms with van der Waals surface area (Å²) < 4.78 is 27.5. The van der Waals surface area contributed by atoms with Crippen LogP contribution in [-0.2, 0) is 6.42 Å². The Hall–Kier alpha value is -7.10. The van der Waals surface area contributed by atoms with Gasteiger partial charge in [0.2, 0.25) is 11.9 Å². The van der Waals surface area contributed by atoms with Gasteiger partial charge in [-0.25, -0.2) is 28.7 Å². The Morgan fingerprint density at radius 3 is 1.77 bits per heavy atom. The van der Waals surface area contributed by atoms with Crippen LogP contribution in [-0.4, -0.2) is 60.9 Å². The van der Waals surface area contributed by atoms with E-state index in [1.807, 2.05) is 42.6 Å². The Bertz CT molecular complexity index is 3040. The molecule has 7 aromatic rings. The number of H-pyrrole nitrogens is 1. The van der Waals surface area contributed by atoms with Crippen LogP contribution in [0.25, 0.3) is 27.7 Å². The minimum Gasteiger partial charge on any atom is -0.396 e. The summed E-state index contributed by atoms with van der Waals surface area (Å²) in [7, 11) is 0. The number of allylic oxidation sites excluding steroid dienone is 1. The van der Waals surface area contributed by atoms with Crippen LogP contribution < -0.4 is 32.7 Å². The lowest BCUT2D eigenvalue weighted by Gasteiger charge is -2.30. The van der Waals surface area contributed by atoms with E-state index in [1.54, 1.807) is 12.4 Å². The number of aromatic nitrogens is 5. The lowest BCUT2D eigenvalue weighted by molar-refractivity contribution is 0.0917. The van der Waals surface area contributed by atoms with Crippen molar-refractivity contribution in [3.8, 4) is 11.3 Å².